The molecule has 1 aromatic carbocycles. The standard InChI is InChI=1S/C12H17BrN2O/c1-8-9(13)5-4-6-10(8)15-11(16)12(2,3)7-14/h4-6H,7,14H2,1-3H3,(H,15,16). The van der Waals surface area contributed by atoms with Gasteiger partial charge in [0.15, 0.2) is 0 Å². The maximum atomic E-state index is 11.9. The number of rotatable bonds is 3. The monoisotopic (exact) mass is 284 g/mol. The maximum Gasteiger partial charge on any atom is 0.231 e. The molecule has 88 valence electrons. The minimum absolute atomic E-state index is 0.0591. The van der Waals surface area contributed by atoms with Crippen LogP contribution in [0.3, 0.4) is 0 Å². The Balaban J connectivity index is 2.90. The highest BCUT2D eigenvalue weighted by atomic mass is 79.9. The van der Waals surface area contributed by atoms with Crippen LogP contribution in [0.5, 0.6) is 0 Å². The molecule has 1 amide bonds. The summed E-state index contributed by atoms with van der Waals surface area (Å²) in [5.74, 6) is -0.0591. The molecule has 4 heteroatoms. The minimum Gasteiger partial charge on any atom is -0.329 e. The molecule has 16 heavy (non-hydrogen) atoms. The third-order valence-electron chi connectivity index (χ3n) is 2.64. The lowest BCUT2D eigenvalue weighted by atomic mass is 9.92. The van der Waals surface area contributed by atoms with E-state index in [0.717, 1.165) is 15.7 Å². The Bertz CT molecular complexity index is 402. The summed E-state index contributed by atoms with van der Waals surface area (Å²) in [5.41, 5.74) is 6.85. The van der Waals surface area contributed by atoms with Crippen LogP contribution in [-0.2, 0) is 4.79 Å². The van der Waals surface area contributed by atoms with Gasteiger partial charge >= 0.3 is 0 Å². The lowest BCUT2D eigenvalue weighted by Gasteiger charge is -2.22. The molecule has 0 aromatic heterocycles. The normalized spacial score (nSPS) is 11.3. The molecular formula is C12H17BrN2O. The average molecular weight is 285 g/mol. The molecule has 0 aliphatic carbocycles. The topological polar surface area (TPSA) is 55.1 Å². The van der Waals surface area contributed by atoms with E-state index in [-0.39, 0.29) is 5.91 Å². The fourth-order valence-corrected chi connectivity index (χ4v) is 1.49. The van der Waals surface area contributed by atoms with E-state index >= 15 is 0 Å². The molecule has 0 atom stereocenters. The highest BCUT2D eigenvalue weighted by Gasteiger charge is 2.26. The number of benzene rings is 1. The molecule has 0 bridgehead atoms. The van der Waals surface area contributed by atoms with Gasteiger partial charge in [-0.25, -0.2) is 0 Å². The summed E-state index contributed by atoms with van der Waals surface area (Å²) in [6.07, 6.45) is 0. The molecular weight excluding hydrogens is 268 g/mol. The van der Waals surface area contributed by atoms with Crippen LogP contribution in [0.4, 0.5) is 5.69 Å². The van der Waals surface area contributed by atoms with Crippen LogP contribution in [0.25, 0.3) is 0 Å². The number of halogens is 1. The van der Waals surface area contributed by atoms with Gasteiger partial charge in [0.2, 0.25) is 5.91 Å². The molecule has 1 aromatic rings. The Kier molecular flexibility index (Phi) is 4.10. The van der Waals surface area contributed by atoms with Crippen molar-refractivity contribution in [1.82, 2.24) is 0 Å². The van der Waals surface area contributed by atoms with Gasteiger partial charge in [-0.3, -0.25) is 4.79 Å². The Morgan fingerprint density at radius 3 is 2.69 bits per heavy atom. The number of carbonyl (C=O) groups is 1. The zero-order valence-corrected chi connectivity index (χ0v) is 11.4. The summed E-state index contributed by atoms with van der Waals surface area (Å²) in [6.45, 7) is 5.94. The van der Waals surface area contributed by atoms with Gasteiger partial charge in [0, 0.05) is 16.7 Å². The zero-order valence-electron chi connectivity index (χ0n) is 9.80. The van der Waals surface area contributed by atoms with Crippen LogP contribution < -0.4 is 11.1 Å². The smallest absolute Gasteiger partial charge is 0.231 e. The molecule has 0 fully saturated rings. The molecule has 3 nitrogen and oxygen atoms in total. The van der Waals surface area contributed by atoms with Crippen LogP contribution in [0, 0.1) is 12.3 Å². The predicted molar refractivity (Wildman–Crippen MR) is 70.3 cm³/mol. The van der Waals surface area contributed by atoms with Crippen molar-refractivity contribution in [2.45, 2.75) is 20.8 Å². The molecule has 0 spiro atoms. The second-order valence-electron chi connectivity index (χ2n) is 4.45. The van der Waals surface area contributed by atoms with Crippen molar-refractivity contribution >= 4 is 27.5 Å². The molecule has 1 rings (SSSR count). The molecule has 3 N–H and O–H groups in total. The van der Waals surface area contributed by atoms with E-state index in [9.17, 15) is 4.79 Å². The van der Waals surface area contributed by atoms with E-state index in [1.165, 1.54) is 0 Å². The van der Waals surface area contributed by atoms with Gasteiger partial charge in [-0.1, -0.05) is 22.0 Å². The summed E-state index contributed by atoms with van der Waals surface area (Å²) in [5, 5.41) is 2.89. The fourth-order valence-electron chi connectivity index (χ4n) is 1.13. The van der Waals surface area contributed by atoms with Crippen LogP contribution in [0.15, 0.2) is 22.7 Å². The number of carbonyl (C=O) groups excluding carboxylic acids is 1. The van der Waals surface area contributed by atoms with Crippen molar-refractivity contribution in [3.05, 3.63) is 28.2 Å². The first-order valence-electron chi connectivity index (χ1n) is 5.15. The third kappa shape index (κ3) is 2.83. The summed E-state index contributed by atoms with van der Waals surface area (Å²) in [6, 6.07) is 5.71. The van der Waals surface area contributed by atoms with Gasteiger partial charge in [-0.05, 0) is 38.5 Å². The van der Waals surface area contributed by atoms with Gasteiger partial charge in [-0.2, -0.15) is 0 Å². The lowest BCUT2D eigenvalue weighted by molar-refractivity contribution is -0.123. The van der Waals surface area contributed by atoms with Crippen molar-refractivity contribution in [3.63, 3.8) is 0 Å². The summed E-state index contributed by atoms with van der Waals surface area (Å²) < 4.78 is 0.982. The first-order valence-corrected chi connectivity index (χ1v) is 5.94. The Morgan fingerprint density at radius 2 is 2.12 bits per heavy atom. The van der Waals surface area contributed by atoms with Gasteiger partial charge in [0.25, 0.3) is 0 Å². The van der Waals surface area contributed by atoms with Gasteiger partial charge in [0.05, 0.1) is 5.41 Å². The van der Waals surface area contributed by atoms with E-state index in [1.807, 2.05) is 39.0 Å². The number of nitrogens with one attached hydrogen (secondary N) is 1. The molecule has 0 aliphatic heterocycles. The predicted octanol–water partition coefficient (Wildman–Crippen LogP) is 2.68. The fraction of sp³-hybridized carbons (Fsp3) is 0.417. The number of hydrogen-bond acceptors (Lipinski definition) is 2. The quantitative estimate of drug-likeness (QED) is 0.897. The molecule has 0 saturated carbocycles. The van der Waals surface area contributed by atoms with Gasteiger partial charge in [-0.15, -0.1) is 0 Å². The van der Waals surface area contributed by atoms with Crippen molar-refractivity contribution in [2.24, 2.45) is 11.1 Å². The first-order chi connectivity index (χ1) is 7.38. The van der Waals surface area contributed by atoms with Crippen molar-refractivity contribution in [3.8, 4) is 0 Å². The van der Waals surface area contributed by atoms with Crippen LogP contribution in [0.2, 0.25) is 0 Å². The largest absolute Gasteiger partial charge is 0.329 e. The molecule has 0 saturated heterocycles. The number of amides is 1. The SMILES string of the molecule is Cc1c(Br)cccc1NC(=O)C(C)(C)CN. The van der Waals surface area contributed by atoms with Crippen molar-refractivity contribution in [2.75, 3.05) is 11.9 Å². The first kappa shape index (κ1) is 13.2. The van der Waals surface area contributed by atoms with Crippen LogP contribution in [0.1, 0.15) is 19.4 Å². The third-order valence-corrected chi connectivity index (χ3v) is 3.50. The number of anilines is 1. The average Bonchev–Trinajstić information content (AvgIpc) is 2.24. The van der Waals surface area contributed by atoms with Crippen molar-refractivity contribution < 1.29 is 4.79 Å². The minimum atomic E-state index is -0.547. The van der Waals surface area contributed by atoms with Gasteiger partial charge in [0.1, 0.15) is 0 Å². The van der Waals surface area contributed by atoms with Crippen LogP contribution in [-0.4, -0.2) is 12.5 Å². The van der Waals surface area contributed by atoms with E-state index in [2.05, 4.69) is 21.2 Å². The van der Waals surface area contributed by atoms with E-state index in [0.29, 0.717) is 6.54 Å². The second kappa shape index (κ2) is 4.97. The summed E-state index contributed by atoms with van der Waals surface area (Å²) in [7, 11) is 0. The molecule has 0 aliphatic rings. The Morgan fingerprint density at radius 1 is 1.50 bits per heavy atom. The Labute approximate surface area is 105 Å². The van der Waals surface area contributed by atoms with E-state index in [1.54, 1.807) is 0 Å². The molecule has 0 radical (unpaired) electrons. The highest BCUT2D eigenvalue weighted by molar-refractivity contribution is 9.10. The number of nitrogens with two attached hydrogens (primary N) is 1. The Hall–Kier alpha value is -0.870. The van der Waals surface area contributed by atoms with Crippen molar-refractivity contribution in [1.29, 1.82) is 0 Å². The maximum absolute atomic E-state index is 11.9. The molecule has 0 unspecified atom stereocenters. The van der Waals surface area contributed by atoms with E-state index in [4.69, 9.17) is 5.73 Å². The highest BCUT2D eigenvalue weighted by Crippen LogP contribution is 2.25. The number of hydrogen-bond donors (Lipinski definition) is 2. The summed E-state index contributed by atoms with van der Waals surface area (Å²) in [4.78, 5) is 11.9. The van der Waals surface area contributed by atoms with Gasteiger partial charge < -0.3 is 11.1 Å². The van der Waals surface area contributed by atoms with Crippen LogP contribution >= 0.6 is 15.9 Å². The van der Waals surface area contributed by atoms with E-state index < -0.39 is 5.41 Å². The molecule has 0 heterocycles. The lowest BCUT2D eigenvalue weighted by Crippen LogP contribution is -2.37. The summed E-state index contributed by atoms with van der Waals surface area (Å²) >= 11 is 3.43. The zero-order chi connectivity index (χ0) is 12.3. The second-order valence-corrected chi connectivity index (χ2v) is 5.31.